The number of nitrogens with two attached hydrogens (primary N) is 1. The Morgan fingerprint density at radius 1 is 1.42 bits per heavy atom. The summed E-state index contributed by atoms with van der Waals surface area (Å²) in [4.78, 5) is 20.4. The summed E-state index contributed by atoms with van der Waals surface area (Å²) in [5.41, 5.74) is 5.06. The van der Waals surface area contributed by atoms with Gasteiger partial charge in [0, 0.05) is 6.54 Å². The van der Waals surface area contributed by atoms with Crippen LogP contribution in [0.5, 0.6) is 0 Å². The van der Waals surface area contributed by atoms with E-state index in [1.807, 2.05) is 0 Å². The maximum absolute atomic E-state index is 10.3. The smallest absolute Gasteiger partial charge is 0.335 e. The average molecular weight is 176 g/mol. The summed E-state index contributed by atoms with van der Waals surface area (Å²) >= 11 is 0. The van der Waals surface area contributed by atoms with Crippen LogP contribution < -0.4 is 11.1 Å². The summed E-state index contributed by atoms with van der Waals surface area (Å²) in [6.45, 7) is 1.51. The van der Waals surface area contributed by atoms with Gasteiger partial charge in [-0.05, 0) is 0 Å². The molecular weight excluding hydrogens is 164 g/mol. The van der Waals surface area contributed by atoms with Crippen LogP contribution in [-0.4, -0.2) is 34.9 Å². The van der Waals surface area contributed by atoms with Crippen molar-refractivity contribution in [2.24, 2.45) is 11.7 Å². The van der Waals surface area contributed by atoms with Gasteiger partial charge in [0.15, 0.2) is 6.17 Å². The predicted molar refractivity (Wildman–Crippen MR) is 40.4 cm³/mol. The van der Waals surface area contributed by atoms with Crippen molar-refractivity contribution in [3.8, 4) is 0 Å². The molecule has 2 atom stereocenters. The van der Waals surface area contributed by atoms with Gasteiger partial charge >= 0.3 is 11.9 Å². The fourth-order valence-corrected chi connectivity index (χ4v) is 0.478. The topological polar surface area (TPSA) is 113 Å². The third kappa shape index (κ3) is 3.89. The van der Waals surface area contributed by atoms with Crippen molar-refractivity contribution in [1.82, 2.24) is 5.32 Å². The molecule has 0 saturated carbocycles. The summed E-state index contributed by atoms with van der Waals surface area (Å²) in [5, 5.41) is 19.1. The molecule has 0 aliphatic heterocycles. The second kappa shape index (κ2) is 4.68. The molecule has 2 unspecified atom stereocenters. The maximum atomic E-state index is 10.3. The van der Waals surface area contributed by atoms with Gasteiger partial charge in [-0.2, -0.15) is 0 Å². The molecule has 6 heteroatoms. The first kappa shape index (κ1) is 10.9. The molecule has 5 N–H and O–H groups in total. The Morgan fingerprint density at radius 3 is 2.25 bits per heavy atom. The lowest BCUT2D eigenvalue weighted by atomic mass is 10.2. The number of hydrogen-bond acceptors (Lipinski definition) is 4. The van der Waals surface area contributed by atoms with E-state index in [0.717, 1.165) is 0 Å². The van der Waals surface area contributed by atoms with Gasteiger partial charge in [0.2, 0.25) is 0 Å². The Kier molecular flexibility index (Phi) is 4.24. The highest BCUT2D eigenvalue weighted by Gasteiger charge is 2.15. The first-order chi connectivity index (χ1) is 5.45. The number of carboxylic acids is 2. The summed E-state index contributed by atoms with van der Waals surface area (Å²) in [6, 6.07) is 0. The molecule has 0 fully saturated rings. The van der Waals surface area contributed by atoms with Gasteiger partial charge in [0.05, 0.1) is 5.92 Å². The van der Waals surface area contributed by atoms with Crippen LogP contribution >= 0.6 is 0 Å². The van der Waals surface area contributed by atoms with Crippen molar-refractivity contribution in [2.75, 3.05) is 6.54 Å². The van der Waals surface area contributed by atoms with Crippen LogP contribution in [0.25, 0.3) is 0 Å². The minimum absolute atomic E-state index is 0.0444. The van der Waals surface area contributed by atoms with Gasteiger partial charge in [-0.3, -0.25) is 10.1 Å². The molecule has 0 aliphatic rings. The van der Waals surface area contributed by atoms with Crippen LogP contribution in [-0.2, 0) is 9.59 Å². The van der Waals surface area contributed by atoms with Crippen LogP contribution in [0.2, 0.25) is 0 Å². The molecule has 0 aromatic carbocycles. The molecule has 0 heterocycles. The highest BCUT2D eigenvalue weighted by Crippen LogP contribution is 1.91. The largest absolute Gasteiger partial charge is 0.481 e. The zero-order valence-electron chi connectivity index (χ0n) is 6.65. The first-order valence-corrected chi connectivity index (χ1v) is 3.39. The number of carbonyl (C=O) groups is 2. The third-order valence-electron chi connectivity index (χ3n) is 1.33. The van der Waals surface area contributed by atoms with Crippen molar-refractivity contribution >= 4 is 11.9 Å². The number of hydrogen-bond donors (Lipinski definition) is 4. The Labute approximate surface area is 69.4 Å². The van der Waals surface area contributed by atoms with Gasteiger partial charge in [0.25, 0.3) is 0 Å². The Balaban J connectivity index is 3.68. The molecule has 0 saturated heterocycles. The number of rotatable bonds is 5. The van der Waals surface area contributed by atoms with Crippen molar-refractivity contribution in [2.45, 2.75) is 13.1 Å². The SMILES string of the molecule is CC(CNC(N)C(=O)O)C(=O)O. The summed E-state index contributed by atoms with van der Waals surface area (Å²) < 4.78 is 0. The first-order valence-electron chi connectivity index (χ1n) is 3.39. The maximum Gasteiger partial charge on any atom is 0.335 e. The van der Waals surface area contributed by atoms with E-state index in [1.54, 1.807) is 0 Å². The fraction of sp³-hybridized carbons (Fsp3) is 0.667. The van der Waals surface area contributed by atoms with Gasteiger partial charge in [-0.15, -0.1) is 0 Å². The lowest BCUT2D eigenvalue weighted by Crippen LogP contribution is -2.46. The predicted octanol–water partition coefficient (Wildman–Crippen LogP) is -1.33. The van der Waals surface area contributed by atoms with Crippen LogP contribution in [0.4, 0.5) is 0 Å². The lowest BCUT2D eigenvalue weighted by molar-refractivity contribution is -0.143. The van der Waals surface area contributed by atoms with Gasteiger partial charge in [0.1, 0.15) is 0 Å². The van der Waals surface area contributed by atoms with E-state index in [9.17, 15) is 9.59 Å². The second-order valence-corrected chi connectivity index (χ2v) is 2.46. The average Bonchev–Trinajstić information content (AvgIpc) is 1.98. The van der Waals surface area contributed by atoms with Crippen molar-refractivity contribution in [3.05, 3.63) is 0 Å². The highest BCUT2D eigenvalue weighted by molar-refractivity contribution is 5.73. The summed E-state index contributed by atoms with van der Waals surface area (Å²) in [7, 11) is 0. The summed E-state index contributed by atoms with van der Waals surface area (Å²) in [6.07, 6.45) is -1.20. The van der Waals surface area contributed by atoms with E-state index in [2.05, 4.69) is 5.32 Å². The van der Waals surface area contributed by atoms with Gasteiger partial charge in [-0.25, -0.2) is 4.79 Å². The zero-order chi connectivity index (χ0) is 9.72. The van der Waals surface area contributed by atoms with E-state index in [-0.39, 0.29) is 6.54 Å². The molecule has 0 aliphatic carbocycles. The number of aliphatic carboxylic acids is 2. The van der Waals surface area contributed by atoms with Gasteiger partial charge in [-0.1, -0.05) is 6.92 Å². The fourth-order valence-electron chi connectivity index (χ4n) is 0.478. The van der Waals surface area contributed by atoms with E-state index in [1.165, 1.54) is 6.92 Å². The quantitative estimate of drug-likeness (QED) is 0.386. The molecule has 0 bridgehead atoms. The Hall–Kier alpha value is -1.14. The van der Waals surface area contributed by atoms with Crippen LogP contribution in [0.15, 0.2) is 0 Å². The van der Waals surface area contributed by atoms with E-state index >= 15 is 0 Å². The molecule has 0 spiro atoms. The van der Waals surface area contributed by atoms with E-state index in [4.69, 9.17) is 15.9 Å². The minimum Gasteiger partial charge on any atom is -0.481 e. The van der Waals surface area contributed by atoms with Crippen LogP contribution in [0.1, 0.15) is 6.92 Å². The standard InChI is InChI=1S/C6H12N2O4/c1-3(5(9)10)2-8-4(7)6(11)12/h3-4,8H,2,7H2,1H3,(H,9,10)(H,11,12). The summed E-state index contributed by atoms with van der Waals surface area (Å²) in [5.74, 6) is -2.83. The number of nitrogens with one attached hydrogen (secondary N) is 1. The molecule has 0 aromatic heterocycles. The van der Waals surface area contributed by atoms with Crippen molar-refractivity contribution in [3.63, 3.8) is 0 Å². The van der Waals surface area contributed by atoms with E-state index in [0.29, 0.717) is 0 Å². The molecule has 0 radical (unpaired) electrons. The van der Waals surface area contributed by atoms with Gasteiger partial charge < -0.3 is 15.9 Å². The van der Waals surface area contributed by atoms with Crippen molar-refractivity contribution < 1.29 is 19.8 Å². The lowest BCUT2D eigenvalue weighted by Gasteiger charge is -2.10. The molecule has 0 aromatic rings. The minimum atomic E-state index is -1.20. The Morgan fingerprint density at radius 2 is 1.92 bits per heavy atom. The van der Waals surface area contributed by atoms with Crippen LogP contribution in [0.3, 0.4) is 0 Å². The second-order valence-electron chi connectivity index (χ2n) is 2.46. The molecule has 6 nitrogen and oxygen atoms in total. The third-order valence-corrected chi connectivity index (χ3v) is 1.33. The number of carboxylic acid groups (broad SMARTS) is 2. The van der Waals surface area contributed by atoms with Crippen LogP contribution in [0, 0.1) is 5.92 Å². The van der Waals surface area contributed by atoms with Crippen molar-refractivity contribution in [1.29, 1.82) is 0 Å². The molecule has 0 rings (SSSR count). The normalized spacial score (nSPS) is 15.2. The molecule has 12 heavy (non-hydrogen) atoms. The Bertz CT molecular complexity index is 162. The molecule has 0 amide bonds. The highest BCUT2D eigenvalue weighted by atomic mass is 16.4. The zero-order valence-corrected chi connectivity index (χ0v) is 6.65. The van der Waals surface area contributed by atoms with E-state index < -0.39 is 24.0 Å². The molecular formula is C6H12N2O4. The monoisotopic (exact) mass is 176 g/mol. The molecule has 70 valence electrons.